The number of aromatic hydroxyl groups is 1. The molecule has 2 aromatic heterocycles. The van der Waals surface area contributed by atoms with Gasteiger partial charge in [-0.05, 0) is 34.7 Å². The maximum Gasteiger partial charge on any atom is 0.266 e. The van der Waals surface area contributed by atoms with Gasteiger partial charge in [0.2, 0.25) is 0 Å². The smallest absolute Gasteiger partial charge is 0.266 e. The van der Waals surface area contributed by atoms with Crippen molar-refractivity contribution in [3.8, 4) is 16.9 Å². The number of hydrogen-bond acceptors (Lipinski definition) is 5. The summed E-state index contributed by atoms with van der Waals surface area (Å²) in [6.45, 7) is 0.194. The molecule has 0 aliphatic carbocycles. The average molecular weight is 385 g/mol. The first-order valence-electron chi connectivity index (χ1n) is 7.72. The van der Waals surface area contributed by atoms with E-state index in [1.54, 1.807) is 24.3 Å². The van der Waals surface area contributed by atoms with E-state index in [4.69, 9.17) is 0 Å². The number of benzene rings is 2. The summed E-state index contributed by atoms with van der Waals surface area (Å²) >= 11 is -0.957. The number of pyridine rings is 1. The number of nitrogens with one attached hydrogen (secondary N) is 2. The molecule has 4 aromatic rings. The lowest BCUT2D eigenvalue weighted by atomic mass is 9.96. The van der Waals surface area contributed by atoms with Crippen LogP contribution in [0.5, 0.6) is 5.75 Å². The maximum atomic E-state index is 12.2. The van der Waals surface area contributed by atoms with E-state index in [0.717, 1.165) is 21.9 Å². The molecule has 0 aliphatic rings. The number of rotatable bonds is 4. The zero-order valence-corrected chi connectivity index (χ0v) is 14.9. The van der Waals surface area contributed by atoms with Crippen LogP contribution in [0, 0.1) is 0 Å². The van der Waals surface area contributed by atoms with E-state index in [1.165, 1.54) is 11.3 Å². The van der Waals surface area contributed by atoms with Gasteiger partial charge >= 0.3 is 0 Å². The highest BCUT2D eigenvalue weighted by atomic mass is 32.2. The van der Waals surface area contributed by atoms with Crippen LogP contribution >= 0.6 is 11.3 Å². The fourth-order valence-electron chi connectivity index (χ4n) is 3.06. The highest BCUT2D eigenvalue weighted by Gasteiger charge is 2.15. The lowest BCUT2D eigenvalue weighted by Crippen LogP contribution is -2.15. The van der Waals surface area contributed by atoms with Crippen LogP contribution in [0.2, 0.25) is 0 Å². The van der Waals surface area contributed by atoms with Gasteiger partial charge in [0.25, 0.3) is 5.56 Å². The Kier molecular flexibility index (Phi) is 4.33. The molecule has 8 heteroatoms. The largest absolute Gasteiger partial charge is 0.760 e. The summed E-state index contributed by atoms with van der Waals surface area (Å²) in [6, 6.07) is 12.4. The Bertz CT molecular complexity index is 1200. The molecule has 0 fully saturated rings. The van der Waals surface area contributed by atoms with Crippen molar-refractivity contribution in [2.75, 3.05) is 0 Å². The van der Waals surface area contributed by atoms with Crippen molar-refractivity contribution in [3.05, 3.63) is 63.8 Å². The second-order valence-electron chi connectivity index (χ2n) is 5.75. The molecule has 0 saturated heterocycles. The molecule has 2 heterocycles. The standard InChI is InChI=1S/C18H14N2O4S2/c21-14-6-5-13-16(12-7-8-25-17(12)18(22)20-13)15(14)11-3-1-10(2-4-11)9-19-26(23)24/h1-8,19,21H,9H2,(H,20,22)(H,23,24)/p-1. The third-order valence-corrected chi connectivity index (χ3v) is 5.50. The van der Waals surface area contributed by atoms with Gasteiger partial charge < -0.3 is 14.6 Å². The summed E-state index contributed by atoms with van der Waals surface area (Å²) in [5, 5.41) is 13.9. The minimum atomic E-state index is -2.32. The van der Waals surface area contributed by atoms with Crippen molar-refractivity contribution >= 4 is 43.6 Å². The second-order valence-corrected chi connectivity index (χ2v) is 7.43. The van der Waals surface area contributed by atoms with Gasteiger partial charge in [-0.15, -0.1) is 11.3 Å². The first kappa shape index (κ1) is 16.9. The Balaban J connectivity index is 1.91. The Morgan fingerprint density at radius 2 is 1.92 bits per heavy atom. The SMILES string of the molecule is O=c1[nH]c2ccc(O)c(-c3ccc(CNS(=O)[O-])cc3)c2c2ccsc12. The number of phenols is 1. The first-order valence-corrected chi connectivity index (χ1v) is 9.67. The van der Waals surface area contributed by atoms with Gasteiger partial charge in [-0.2, -0.15) is 0 Å². The number of thiophene rings is 1. The molecule has 0 radical (unpaired) electrons. The van der Waals surface area contributed by atoms with E-state index in [-0.39, 0.29) is 17.9 Å². The second kappa shape index (κ2) is 6.65. The lowest BCUT2D eigenvalue weighted by Gasteiger charge is -2.12. The molecular formula is C18H13N2O4S2-. The average Bonchev–Trinajstić information content (AvgIpc) is 3.12. The molecular weight excluding hydrogens is 372 g/mol. The summed E-state index contributed by atoms with van der Waals surface area (Å²) in [7, 11) is 0. The number of aromatic amines is 1. The number of phenolic OH excluding ortho intramolecular Hbond substituents is 1. The van der Waals surface area contributed by atoms with Crippen LogP contribution in [0.3, 0.4) is 0 Å². The molecule has 3 N–H and O–H groups in total. The minimum absolute atomic E-state index is 0.114. The molecule has 26 heavy (non-hydrogen) atoms. The van der Waals surface area contributed by atoms with Gasteiger partial charge in [0, 0.05) is 39.7 Å². The third-order valence-electron chi connectivity index (χ3n) is 4.21. The van der Waals surface area contributed by atoms with Crippen LogP contribution in [0.1, 0.15) is 5.56 Å². The van der Waals surface area contributed by atoms with Gasteiger partial charge in [0.15, 0.2) is 0 Å². The fourth-order valence-corrected chi connectivity index (χ4v) is 4.14. The molecule has 132 valence electrons. The zero-order chi connectivity index (χ0) is 18.3. The number of fused-ring (bicyclic) bond motifs is 3. The van der Waals surface area contributed by atoms with Gasteiger partial charge in [-0.3, -0.25) is 9.00 Å². The molecule has 0 amide bonds. The molecule has 2 aromatic carbocycles. The Hall–Kier alpha value is -2.52. The lowest BCUT2D eigenvalue weighted by molar-refractivity contribution is 0.478. The quantitative estimate of drug-likeness (QED) is 0.470. The van der Waals surface area contributed by atoms with Gasteiger partial charge in [0.05, 0.1) is 0 Å². The van der Waals surface area contributed by atoms with E-state index in [0.29, 0.717) is 15.8 Å². The molecule has 0 bridgehead atoms. The normalized spacial score (nSPS) is 12.7. The molecule has 0 saturated carbocycles. The van der Waals surface area contributed by atoms with Crippen LogP contribution in [-0.2, 0) is 17.8 Å². The predicted molar refractivity (Wildman–Crippen MR) is 103 cm³/mol. The van der Waals surface area contributed by atoms with Crippen molar-refractivity contribution in [1.29, 1.82) is 0 Å². The third kappa shape index (κ3) is 2.93. The summed E-state index contributed by atoms with van der Waals surface area (Å²) in [4.78, 5) is 15.1. The molecule has 4 rings (SSSR count). The van der Waals surface area contributed by atoms with Crippen LogP contribution in [0.25, 0.3) is 32.1 Å². The summed E-state index contributed by atoms with van der Waals surface area (Å²) in [5.74, 6) is 0.114. The molecule has 0 spiro atoms. The topological polar surface area (TPSA) is 105 Å². The van der Waals surface area contributed by atoms with Crippen LogP contribution in [0.15, 0.2) is 52.6 Å². The van der Waals surface area contributed by atoms with Gasteiger partial charge in [-0.25, -0.2) is 4.72 Å². The summed E-state index contributed by atoms with van der Waals surface area (Å²) in [6.07, 6.45) is 0. The highest BCUT2D eigenvalue weighted by molar-refractivity contribution is 7.77. The van der Waals surface area contributed by atoms with Gasteiger partial charge in [-0.1, -0.05) is 24.3 Å². The Morgan fingerprint density at radius 1 is 1.15 bits per heavy atom. The van der Waals surface area contributed by atoms with E-state index in [9.17, 15) is 18.7 Å². The minimum Gasteiger partial charge on any atom is -0.760 e. The van der Waals surface area contributed by atoms with E-state index >= 15 is 0 Å². The van der Waals surface area contributed by atoms with Crippen molar-refractivity contribution in [3.63, 3.8) is 0 Å². The first-order chi connectivity index (χ1) is 12.5. The molecule has 0 aliphatic heterocycles. The van der Waals surface area contributed by atoms with E-state index in [1.807, 2.05) is 23.6 Å². The zero-order valence-electron chi connectivity index (χ0n) is 13.3. The van der Waals surface area contributed by atoms with Crippen molar-refractivity contribution in [2.45, 2.75) is 6.54 Å². The number of aromatic nitrogens is 1. The van der Waals surface area contributed by atoms with Crippen molar-refractivity contribution < 1.29 is 13.9 Å². The number of H-pyrrole nitrogens is 1. The molecule has 1 atom stereocenters. The van der Waals surface area contributed by atoms with Crippen LogP contribution < -0.4 is 10.3 Å². The molecule has 6 nitrogen and oxygen atoms in total. The van der Waals surface area contributed by atoms with Crippen molar-refractivity contribution in [2.24, 2.45) is 0 Å². The van der Waals surface area contributed by atoms with Gasteiger partial charge in [0.1, 0.15) is 10.4 Å². The van der Waals surface area contributed by atoms with E-state index < -0.39 is 11.3 Å². The fraction of sp³-hybridized carbons (Fsp3) is 0.0556. The monoisotopic (exact) mass is 385 g/mol. The summed E-state index contributed by atoms with van der Waals surface area (Å²) < 4.78 is 24.1. The summed E-state index contributed by atoms with van der Waals surface area (Å²) in [5.41, 5.74) is 2.72. The Morgan fingerprint density at radius 3 is 2.65 bits per heavy atom. The van der Waals surface area contributed by atoms with Crippen LogP contribution in [0.4, 0.5) is 0 Å². The Labute approximate surface area is 154 Å². The predicted octanol–water partition coefficient (Wildman–Crippen LogP) is 3.00. The highest BCUT2D eigenvalue weighted by Crippen LogP contribution is 2.39. The maximum absolute atomic E-state index is 12.2. The van der Waals surface area contributed by atoms with Crippen LogP contribution in [-0.4, -0.2) is 18.9 Å². The van der Waals surface area contributed by atoms with E-state index in [2.05, 4.69) is 9.71 Å². The molecule has 1 unspecified atom stereocenters. The number of hydrogen-bond donors (Lipinski definition) is 3. The van der Waals surface area contributed by atoms with Crippen molar-refractivity contribution in [1.82, 2.24) is 9.71 Å².